The van der Waals surface area contributed by atoms with Gasteiger partial charge in [0.2, 0.25) is 0 Å². The number of hydrogen-bond acceptors (Lipinski definition) is 3. The van der Waals surface area contributed by atoms with Crippen LogP contribution in [0.2, 0.25) is 0 Å². The second-order valence-corrected chi connectivity index (χ2v) is 5.69. The third-order valence-electron chi connectivity index (χ3n) is 4.23. The molecule has 3 unspecified atom stereocenters. The number of esters is 1. The summed E-state index contributed by atoms with van der Waals surface area (Å²) in [6.07, 6.45) is 7.80. The summed E-state index contributed by atoms with van der Waals surface area (Å²) in [6, 6.07) is 0. The molecule has 1 saturated heterocycles. The summed E-state index contributed by atoms with van der Waals surface area (Å²) in [5, 5.41) is 3.33. The molecule has 0 aromatic carbocycles. The van der Waals surface area contributed by atoms with Gasteiger partial charge in [-0.2, -0.15) is 0 Å². The van der Waals surface area contributed by atoms with Crippen molar-refractivity contribution >= 4 is 5.97 Å². The van der Waals surface area contributed by atoms with E-state index < -0.39 is 0 Å². The van der Waals surface area contributed by atoms with Gasteiger partial charge in [-0.25, -0.2) is 0 Å². The van der Waals surface area contributed by atoms with Crippen LogP contribution in [0.25, 0.3) is 0 Å². The SMILES string of the molecule is CC1CCCCC1OC(=O)CCC1CCNC1. The number of carbonyl (C=O) groups excluding carboxylic acids is 1. The number of nitrogens with one attached hydrogen (secondary N) is 1. The molecule has 1 N–H and O–H groups in total. The lowest BCUT2D eigenvalue weighted by molar-refractivity contribution is -0.153. The van der Waals surface area contributed by atoms with Crippen LogP contribution in [0.15, 0.2) is 0 Å². The molecule has 3 nitrogen and oxygen atoms in total. The van der Waals surface area contributed by atoms with Gasteiger partial charge in [-0.1, -0.05) is 13.3 Å². The van der Waals surface area contributed by atoms with Gasteiger partial charge in [-0.15, -0.1) is 0 Å². The minimum absolute atomic E-state index is 0.0237. The minimum Gasteiger partial charge on any atom is -0.462 e. The first kappa shape index (κ1) is 12.9. The van der Waals surface area contributed by atoms with Crippen LogP contribution in [0.4, 0.5) is 0 Å². The molecule has 2 fully saturated rings. The topological polar surface area (TPSA) is 38.3 Å². The van der Waals surface area contributed by atoms with Crippen LogP contribution < -0.4 is 5.32 Å². The molecule has 1 aliphatic heterocycles. The van der Waals surface area contributed by atoms with E-state index in [1.807, 2.05) is 0 Å². The highest BCUT2D eigenvalue weighted by Crippen LogP contribution is 2.27. The molecule has 1 saturated carbocycles. The number of carbonyl (C=O) groups is 1. The van der Waals surface area contributed by atoms with Crippen molar-refractivity contribution in [2.45, 2.75) is 58.0 Å². The van der Waals surface area contributed by atoms with E-state index in [0.29, 0.717) is 18.3 Å². The van der Waals surface area contributed by atoms with Crippen molar-refractivity contribution < 1.29 is 9.53 Å². The zero-order valence-electron chi connectivity index (χ0n) is 10.9. The molecule has 0 bridgehead atoms. The summed E-state index contributed by atoms with van der Waals surface area (Å²) < 4.78 is 5.60. The van der Waals surface area contributed by atoms with Crippen molar-refractivity contribution in [1.29, 1.82) is 0 Å². The van der Waals surface area contributed by atoms with Crippen LogP contribution in [0.1, 0.15) is 51.9 Å². The van der Waals surface area contributed by atoms with Gasteiger partial charge in [0.15, 0.2) is 0 Å². The van der Waals surface area contributed by atoms with E-state index in [-0.39, 0.29) is 12.1 Å². The number of hydrogen-bond donors (Lipinski definition) is 1. The standard InChI is InChI=1S/C14H25NO2/c1-11-4-2-3-5-13(11)17-14(16)7-6-12-8-9-15-10-12/h11-13,15H,2-10H2,1H3. The molecular weight excluding hydrogens is 214 g/mol. The molecule has 2 rings (SSSR count). The Morgan fingerprint density at radius 1 is 1.29 bits per heavy atom. The normalized spacial score (nSPS) is 33.6. The summed E-state index contributed by atoms with van der Waals surface area (Å²) in [5.41, 5.74) is 0. The molecule has 3 heteroatoms. The molecule has 98 valence electrons. The maximum absolute atomic E-state index is 11.8. The molecule has 1 aliphatic carbocycles. The Balaban J connectivity index is 1.65. The average Bonchev–Trinajstić information content (AvgIpc) is 2.82. The van der Waals surface area contributed by atoms with E-state index >= 15 is 0 Å². The van der Waals surface area contributed by atoms with Gasteiger partial charge >= 0.3 is 5.97 Å². The Kier molecular flexibility index (Phi) is 4.84. The summed E-state index contributed by atoms with van der Waals surface area (Å²) in [5.74, 6) is 1.27. The molecule has 2 aliphatic rings. The van der Waals surface area contributed by atoms with Crippen LogP contribution in [0.3, 0.4) is 0 Å². The fourth-order valence-corrected chi connectivity index (χ4v) is 2.97. The maximum atomic E-state index is 11.8. The molecule has 1 heterocycles. The maximum Gasteiger partial charge on any atom is 0.306 e. The van der Waals surface area contributed by atoms with Crippen LogP contribution in [-0.2, 0) is 9.53 Å². The molecule has 0 aromatic rings. The quantitative estimate of drug-likeness (QED) is 0.766. The average molecular weight is 239 g/mol. The van der Waals surface area contributed by atoms with Gasteiger partial charge in [-0.05, 0) is 57.0 Å². The Morgan fingerprint density at radius 2 is 2.12 bits per heavy atom. The highest BCUT2D eigenvalue weighted by Gasteiger charge is 2.25. The highest BCUT2D eigenvalue weighted by molar-refractivity contribution is 5.69. The van der Waals surface area contributed by atoms with E-state index in [4.69, 9.17) is 4.74 Å². The van der Waals surface area contributed by atoms with Crippen molar-refractivity contribution in [3.05, 3.63) is 0 Å². The van der Waals surface area contributed by atoms with Gasteiger partial charge in [0.05, 0.1) is 0 Å². The molecule has 0 spiro atoms. The summed E-state index contributed by atoms with van der Waals surface area (Å²) in [4.78, 5) is 11.8. The third kappa shape index (κ3) is 3.98. The van der Waals surface area contributed by atoms with E-state index in [2.05, 4.69) is 12.2 Å². The first-order valence-electron chi connectivity index (χ1n) is 7.16. The predicted octanol–water partition coefficient (Wildman–Crippen LogP) is 2.50. The first-order valence-corrected chi connectivity index (χ1v) is 7.16. The fourth-order valence-electron chi connectivity index (χ4n) is 2.97. The van der Waals surface area contributed by atoms with E-state index in [1.54, 1.807) is 0 Å². The Bertz CT molecular complexity index is 249. The van der Waals surface area contributed by atoms with Crippen LogP contribution >= 0.6 is 0 Å². The largest absolute Gasteiger partial charge is 0.462 e. The van der Waals surface area contributed by atoms with Gasteiger partial charge in [-0.3, -0.25) is 4.79 Å². The first-order chi connectivity index (χ1) is 8.25. The lowest BCUT2D eigenvalue weighted by Gasteiger charge is -2.28. The minimum atomic E-state index is 0.0237. The van der Waals surface area contributed by atoms with E-state index in [9.17, 15) is 4.79 Å². The van der Waals surface area contributed by atoms with Gasteiger partial charge in [0.25, 0.3) is 0 Å². The molecule has 0 aromatic heterocycles. The summed E-state index contributed by atoms with van der Waals surface area (Å²) in [6.45, 7) is 4.39. The highest BCUT2D eigenvalue weighted by atomic mass is 16.5. The smallest absolute Gasteiger partial charge is 0.306 e. The number of ether oxygens (including phenoxy) is 1. The number of rotatable bonds is 4. The lowest BCUT2D eigenvalue weighted by Crippen LogP contribution is -2.28. The Hall–Kier alpha value is -0.570. The van der Waals surface area contributed by atoms with Crippen molar-refractivity contribution in [2.75, 3.05) is 13.1 Å². The molecule has 17 heavy (non-hydrogen) atoms. The molecule has 0 radical (unpaired) electrons. The van der Waals surface area contributed by atoms with Gasteiger partial charge < -0.3 is 10.1 Å². The van der Waals surface area contributed by atoms with Gasteiger partial charge in [0.1, 0.15) is 6.10 Å². The zero-order valence-corrected chi connectivity index (χ0v) is 10.9. The van der Waals surface area contributed by atoms with Crippen molar-refractivity contribution in [2.24, 2.45) is 11.8 Å². The Labute approximate surface area is 104 Å². The second-order valence-electron chi connectivity index (χ2n) is 5.69. The van der Waals surface area contributed by atoms with Crippen molar-refractivity contribution in [3.63, 3.8) is 0 Å². The van der Waals surface area contributed by atoms with Crippen LogP contribution in [0.5, 0.6) is 0 Å². The monoisotopic (exact) mass is 239 g/mol. The Morgan fingerprint density at radius 3 is 2.82 bits per heavy atom. The zero-order chi connectivity index (χ0) is 12.1. The van der Waals surface area contributed by atoms with Gasteiger partial charge in [0, 0.05) is 6.42 Å². The summed E-state index contributed by atoms with van der Waals surface area (Å²) in [7, 11) is 0. The van der Waals surface area contributed by atoms with Crippen LogP contribution in [-0.4, -0.2) is 25.2 Å². The fraction of sp³-hybridized carbons (Fsp3) is 0.929. The van der Waals surface area contributed by atoms with Crippen molar-refractivity contribution in [3.8, 4) is 0 Å². The lowest BCUT2D eigenvalue weighted by atomic mass is 9.88. The molecular formula is C14H25NO2. The predicted molar refractivity (Wildman–Crippen MR) is 67.7 cm³/mol. The van der Waals surface area contributed by atoms with E-state index in [1.165, 1.54) is 25.7 Å². The molecule has 3 atom stereocenters. The molecule has 0 amide bonds. The summed E-state index contributed by atoms with van der Waals surface area (Å²) >= 11 is 0. The van der Waals surface area contributed by atoms with Crippen molar-refractivity contribution in [1.82, 2.24) is 5.32 Å². The third-order valence-corrected chi connectivity index (χ3v) is 4.23. The van der Waals surface area contributed by atoms with Crippen LogP contribution in [0, 0.1) is 11.8 Å². The van der Waals surface area contributed by atoms with E-state index in [0.717, 1.165) is 25.9 Å². The second kappa shape index (κ2) is 6.39.